The van der Waals surface area contributed by atoms with Crippen molar-refractivity contribution < 1.29 is 14.8 Å². The number of carboxylic acids is 1. The van der Waals surface area contributed by atoms with Gasteiger partial charge in [-0.05, 0) is 36.5 Å². The molecule has 4 rings (SSSR count). The minimum atomic E-state index is -0.953. The summed E-state index contributed by atoms with van der Waals surface area (Å²) in [6, 6.07) is 9.95. The van der Waals surface area contributed by atoms with E-state index in [9.17, 15) is 20.0 Å². The molecule has 0 spiro atoms. The zero-order valence-corrected chi connectivity index (χ0v) is 14.2. The summed E-state index contributed by atoms with van der Waals surface area (Å²) in [5.74, 6) is -0.975. The lowest BCUT2D eigenvalue weighted by atomic mass is 9.74. The summed E-state index contributed by atoms with van der Waals surface area (Å²) >= 11 is 0. The van der Waals surface area contributed by atoms with Gasteiger partial charge in [0, 0.05) is 17.7 Å². The molecule has 0 fully saturated rings. The van der Waals surface area contributed by atoms with Crippen LogP contribution in [0, 0.1) is 23.0 Å². The van der Waals surface area contributed by atoms with Crippen molar-refractivity contribution in [2.45, 2.75) is 25.3 Å². The molecule has 2 aromatic carbocycles. The summed E-state index contributed by atoms with van der Waals surface area (Å²) in [6.45, 7) is 1.92. The number of rotatable bonds is 3. The molecular weight excluding hydrogens is 332 g/mol. The second kappa shape index (κ2) is 5.98. The maximum atomic E-state index is 11.7. The van der Waals surface area contributed by atoms with Crippen LogP contribution in [-0.4, -0.2) is 16.0 Å². The largest absolute Gasteiger partial charge is 0.478 e. The number of nitro groups is 1. The average molecular weight is 350 g/mol. The lowest BCUT2D eigenvalue weighted by Crippen LogP contribution is -2.31. The van der Waals surface area contributed by atoms with Crippen molar-refractivity contribution in [1.82, 2.24) is 0 Å². The highest BCUT2D eigenvalue weighted by molar-refractivity contribution is 5.93. The summed E-state index contributed by atoms with van der Waals surface area (Å²) in [5, 5.41) is 24.5. The lowest BCUT2D eigenvalue weighted by molar-refractivity contribution is -0.385. The van der Waals surface area contributed by atoms with Crippen molar-refractivity contribution in [2.75, 3.05) is 5.32 Å². The first kappa shape index (κ1) is 16.3. The van der Waals surface area contributed by atoms with Crippen LogP contribution >= 0.6 is 0 Å². The van der Waals surface area contributed by atoms with Crippen LogP contribution < -0.4 is 5.32 Å². The van der Waals surface area contributed by atoms with Gasteiger partial charge in [0.1, 0.15) is 0 Å². The smallest absolute Gasteiger partial charge is 0.336 e. The van der Waals surface area contributed by atoms with E-state index in [4.69, 9.17) is 0 Å². The van der Waals surface area contributed by atoms with Gasteiger partial charge in [-0.2, -0.15) is 0 Å². The van der Waals surface area contributed by atoms with Gasteiger partial charge in [-0.1, -0.05) is 36.4 Å². The molecule has 0 radical (unpaired) electrons. The molecule has 2 aromatic rings. The summed E-state index contributed by atoms with van der Waals surface area (Å²) in [6.07, 6.45) is 4.83. The van der Waals surface area contributed by atoms with E-state index in [1.54, 1.807) is 30.3 Å². The van der Waals surface area contributed by atoms with E-state index in [1.165, 1.54) is 6.07 Å². The van der Waals surface area contributed by atoms with Crippen molar-refractivity contribution in [1.29, 1.82) is 0 Å². The van der Waals surface area contributed by atoms with Gasteiger partial charge in [-0.15, -0.1) is 0 Å². The second-order valence-corrected chi connectivity index (χ2v) is 6.82. The third-order valence-corrected chi connectivity index (χ3v) is 5.43. The van der Waals surface area contributed by atoms with Gasteiger partial charge in [0.25, 0.3) is 5.69 Å². The second-order valence-electron chi connectivity index (χ2n) is 6.82. The normalized spacial score (nSPS) is 23.0. The number of carboxylic acid groups (broad SMARTS) is 1. The topological polar surface area (TPSA) is 92.5 Å². The van der Waals surface area contributed by atoms with Gasteiger partial charge in [0.05, 0.1) is 22.1 Å². The number of carbonyl (C=O) groups is 1. The van der Waals surface area contributed by atoms with E-state index >= 15 is 0 Å². The molecule has 6 nitrogen and oxygen atoms in total. The van der Waals surface area contributed by atoms with E-state index < -0.39 is 5.97 Å². The molecule has 26 heavy (non-hydrogen) atoms. The molecule has 132 valence electrons. The quantitative estimate of drug-likeness (QED) is 0.485. The van der Waals surface area contributed by atoms with Crippen LogP contribution in [0.25, 0.3) is 0 Å². The zero-order valence-electron chi connectivity index (χ0n) is 14.2. The molecule has 1 aliphatic heterocycles. The molecule has 2 N–H and O–H groups in total. The number of nitrogens with one attached hydrogen (secondary N) is 1. The average Bonchev–Trinajstić information content (AvgIpc) is 3.11. The Morgan fingerprint density at radius 2 is 2.04 bits per heavy atom. The molecule has 6 heteroatoms. The van der Waals surface area contributed by atoms with E-state index in [1.807, 2.05) is 19.1 Å². The third kappa shape index (κ3) is 2.37. The van der Waals surface area contributed by atoms with Gasteiger partial charge < -0.3 is 10.4 Å². The Labute approximate surface area is 150 Å². The molecule has 0 unspecified atom stereocenters. The number of para-hydroxylation sites is 1. The summed E-state index contributed by atoms with van der Waals surface area (Å²) in [5.41, 5.74) is 3.52. The Kier molecular flexibility index (Phi) is 3.76. The highest BCUT2D eigenvalue weighted by atomic mass is 16.6. The fraction of sp³-hybridized carbons (Fsp3) is 0.250. The Bertz CT molecular complexity index is 951. The van der Waals surface area contributed by atoms with Crippen LogP contribution in [0.2, 0.25) is 0 Å². The standard InChI is InChI=1S/C20H18N2O4/c1-11-9-10-15(20(23)24)17-12-6-4-7-13(12)19(21-18(11)17)14-5-2-3-8-16(14)22(25)26/h2-6,8-10,12-13,19,21H,7H2,1H3,(H,23,24)/t12-,13-,19+/m1/s1. The van der Waals surface area contributed by atoms with Crippen molar-refractivity contribution in [3.63, 3.8) is 0 Å². The van der Waals surface area contributed by atoms with Crippen LogP contribution in [0.4, 0.5) is 11.4 Å². The number of aryl methyl sites for hydroxylation is 1. The van der Waals surface area contributed by atoms with E-state index in [2.05, 4.69) is 5.32 Å². The van der Waals surface area contributed by atoms with Gasteiger partial charge in [0.15, 0.2) is 0 Å². The van der Waals surface area contributed by atoms with Crippen LogP contribution in [0.15, 0.2) is 48.6 Å². The SMILES string of the molecule is Cc1ccc(C(=O)O)c2c1N[C@H](c1ccccc1[N+](=O)[O-])[C@@H]1CC=C[C@@H]21. The summed E-state index contributed by atoms with van der Waals surface area (Å²) in [7, 11) is 0. The van der Waals surface area contributed by atoms with Crippen LogP contribution in [0.1, 0.15) is 45.4 Å². The molecule has 1 aliphatic carbocycles. The number of nitro benzene ring substituents is 1. The zero-order chi connectivity index (χ0) is 18.4. The predicted octanol–water partition coefficient (Wildman–Crippen LogP) is 4.43. The monoisotopic (exact) mass is 350 g/mol. The predicted molar refractivity (Wildman–Crippen MR) is 97.6 cm³/mol. The molecular formula is C20H18N2O4. The van der Waals surface area contributed by atoms with Crippen molar-refractivity contribution in [3.8, 4) is 0 Å². The summed E-state index contributed by atoms with van der Waals surface area (Å²) in [4.78, 5) is 22.9. The van der Waals surface area contributed by atoms with Crippen LogP contribution in [0.3, 0.4) is 0 Å². The van der Waals surface area contributed by atoms with Gasteiger partial charge in [-0.25, -0.2) is 4.79 Å². The van der Waals surface area contributed by atoms with Crippen molar-refractivity contribution in [2.24, 2.45) is 5.92 Å². The molecule has 0 amide bonds. The Morgan fingerprint density at radius 3 is 2.77 bits per heavy atom. The molecule has 2 aliphatic rings. The fourth-order valence-electron chi connectivity index (χ4n) is 4.27. The number of fused-ring (bicyclic) bond motifs is 3. The molecule has 1 heterocycles. The number of hydrogen-bond acceptors (Lipinski definition) is 4. The van der Waals surface area contributed by atoms with Gasteiger partial charge >= 0.3 is 5.97 Å². The number of benzene rings is 2. The Hall–Kier alpha value is -3.15. The van der Waals surface area contributed by atoms with E-state index in [0.29, 0.717) is 11.1 Å². The van der Waals surface area contributed by atoms with Crippen LogP contribution in [0.5, 0.6) is 0 Å². The molecule has 0 aromatic heterocycles. The number of allylic oxidation sites excluding steroid dienone is 2. The van der Waals surface area contributed by atoms with Crippen molar-refractivity contribution >= 4 is 17.3 Å². The maximum absolute atomic E-state index is 11.7. The third-order valence-electron chi connectivity index (χ3n) is 5.43. The van der Waals surface area contributed by atoms with Crippen molar-refractivity contribution in [3.05, 3.63) is 80.9 Å². The molecule has 0 saturated carbocycles. The number of nitrogens with zero attached hydrogens (tertiary/aromatic N) is 1. The Balaban J connectivity index is 1.90. The lowest BCUT2D eigenvalue weighted by Gasteiger charge is -2.38. The minimum absolute atomic E-state index is 0.0449. The fourth-order valence-corrected chi connectivity index (χ4v) is 4.27. The first-order valence-electron chi connectivity index (χ1n) is 8.52. The summed E-state index contributed by atoms with van der Waals surface area (Å²) < 4.78 is 0. The minimum Gasteiger partial charge on any atom is -0.478 e. The number of anilines is 1. The molecule has 0 saturated heterocycles. The highest BCUT2D eigenvalue weighted by Gasteiger charge is 2.42. The molecule has 0 bridgehead atoms. The van der Waals surface area contributed by atoms with E-state index in [-0.39, 0.29) is 28.5 Å². The first-order valence-corrected chi connectivity index (χ1v) is 8.52. The number of hydrogen-bond donors (Lipinski definition) is 2. The maximum Gasteiger partial charge on any atom is 0.336 e. The van der Waals surface area contributed by atoms with E-state index in [0.717, 1.165) is 23.2 Å². The highest BCUT2D eigenvalue weighted by Crippen LogP contribution is 2.52. The van der Waals surface area contributed by atoms with Gasteiger partial charge in [0.2, 0.25) is 0 Å². The number of aromatic carboxylic acids is 1. The first-order chi connectivity index (χ1) is 12.5. The Morgan fingerprint density at radius 1 is 1.27 bits per heavy atom. The van der Waals surface area contributed by atoms with Crippen LogP contribution in [-0.2, 0) is 0 Å². The molecule has 3 atom stereocenters. The van der Waals surface area contributed by atoms with Gasteiger partial charge in [-0.3, -0.25) is 10.1 Å².